The first-order chi connectivity index (χ1) is 7.47. The van der Waals surface area contributed by atoms with Crippen LogP contribution < -0.4 is 0 Å². The molecule has 1 aromatic carbocycles. The van der Waals surface area contributed by atoms with Crippen LogP contribution >= 0.6 is 0 Å². The molecule has 0 spiro atoms. The molecule has 0 aliphatic rings. The zero-order valence-corrected chi connectivity index (χ0v) is 9.01. The highest BCUT2D eigenvalue weighted by molar-refractivity contribution is 5.22. The van der Waals surface area contributed by atoms with Gasteiger partial charge < -0.3 is 9.84 Å². The number of hydrogen-bond acceptors (Lipinski definition) is 2. The van der Waals surface area contributed by atoms with E-state index in [4.69, 9.17) is 4.74 Å². The van der Waals surface area contributed by atoms with Crippen LogP contribution in [0.2, 0.25) is 0 Å². The molecule has 0 fully saturated rings. The number of rotatable bonds is 4. The minimum Gasteiger partial charge on any atom is -0.388 e. The summed E-state index contributed by atoms with van der Waals surface area (Å²) in [6.45, 7) is 1.68. The van der Waals surface area contributed by atoms with Crippen LogP contribution in [0.5, 0.6) is 0 Å². The number of aliphatic hydroxyl groups is 1. The van der Waals surface area contributed by atoms with Crippen LogP contribution in [0.25, 0.3) is 0 Å². The predicted molar refractivity (Wildman–Crippen MR) is 52.4 cm³/mol. The maximum atomic E-state index is 13.3. The maximum Gasteiger partial charge on any atom is 0.194 e. The highest BCUT2D eigenvalue weighted by Gasteiger charge is 2.20. The molecule has 0 saturated carbocycles. The van der Waals surface area contributed by atoms with E-state index in [9.17, 15) is 18.3 Å². The first-order valence-corrected chi connectivity index (χ1v) is 4.81. The average molecular weight is 234 g/mol. The second-order valence-corrected chi connectivity index (χ2v) is 3.56. The molecule has 2 atom stereocenters. The van der Waals surface area contributed by atoms with E-state index in [-0.39, 0.29) is 18.1 Å². The molecule has 0 aromatic heterocycles. The molecular weight excluding hydrogens is 221 g/mol. The number of methoxy groups -OCH3 is 1. The van der Waals surface area contributed by atoms with Gasteiger partial charge in [0.2, 0.25) is 0 Å². The number of halogens is 3. The Bertz CT molecular complexity index is 368. The molecule has 0 saturated heterocycles. The molecular formula is C11H13F3O2. The van der Waals surface area contributed by atoms with Crippen LogP contribution in [0.15, 0.2) is 12.1 Å². The fraction of sp³-hybridized carbons (Fsp3) is 0.455. The normalized spacial score (nSPS) is 14.9. The summed E-state index contributed by atoms with van der Waals surface area (Å²) in [6, 6.07) is 1.81. The van der Waals surface area contributed by atoms with E-state index in [1.165, 1.54) is 7.11 Å². The van der Waals surface area contributed by atoms with Crippen molar-refractivity contribution < 1.29 is 23.0 Å². The Kier molecular flexibility index (Phi) is 4.32. The lowest BCUT2D eigenvalue weighted by molar-refractivity contribution is 0.0542. The molecule has 5 heteroatoms. The molecule has 0 amide bonds. The summed E-state index contributed by atoms with van der Waals surface area (Å²) < 4.78 is 43.6. The van der Waals surface area contributed by atoms with Gasteiger partial charge in [0.25, 0.3) is 0 Å². The molecule has 0 aliphatic heterocycles. The standard InChI is InChI=1S/C11H13F3O2/c1-6(16-2)5-9(15)7-3-4-8(12)11(14)10(7)13/h3-4,6,9,15H,5H2,1-2H3. The summed E-state index contributed by atoms with van der Waals surface area (Å²) in [5.41, 5.74) is -0.261. The van der Waals surface area contributed by atoms with Gasteiger partial charge in [-0.15, -0.1) is 0 Å². The number of hydrogen-bond donors (Lipinski definition) is 1. The molecule has 2 unspecified atom stereocenters. The minimum atomic E-state index is -1.57. The van der Waals surface area contributed by atoms with Gasteiger partial charge in [-0.25, -0.2) is 13.2 Å². The summed E-state index contributed by atoms with van der Waals surface area (Å²) >= 11 is 0. The lowest BCUT2D eigenvalue weighted by Gasteiger charge is -2.16. The Labute approximate surface area is 91.7 Å². The van der Waals surface area contributed by atoms with Gasteiger partial charge in [0.1, 0.15) is 0 Å². The minimum absolute atomic E-state index is 0.110. The van der Waals surface area contributed by atoms with Crippen LogP contribution in [0.1, 0.15) is 25.0 Å². The smallest absolute Gasteiger partial charge is 0.194 e. The van der Waals surface area contributed by atoms with Crippen molar-refractivity contribution in [1.82, 2.24) is 0 Å². The number of aliphatic hydroxyl groups excluding tert-OH is 1. The Hall–Kier alpha value is -1.07. The Morgan fingerprint density at radius 2 is 1.88 bits per heavy atom. The topological polar surface area (TPSA) is 29.5 Å². The molecule has 0 bridgehead atoms. The van der Waals surface area contributed by atoms with Gasteiger partial charge in [0, 0.05) is 19.1 Å². The van der Waals surface area contributed by atoms with E-state index in [2.05, 4.69) is 0 Å². The second-order valence-electron chi connectivity index (χ2n) is 3.56. The van der Waals surface area contributed by atoms with Gasteiger partial charge in [0.05, 0.1) is 12.2 Å². The zero-order chi connectivity index (χ0) is 12.3. The molecule has 90 valence electrons. The fourth-order valence-corrected chi connectivity index (χ4v) is 1.34. The summed E-state index contributed by atoms with van der Waals surface area (Å²) in [5.74, 6) is -4.19. The highest BCUT2D eigenvalue weighted by atomic mass is 19.2. The highest BCUT2D eigenvalue weighted by Crippen LogP contribution is 2.24. The first kappa shape index (κ1) is 13.0. The quantitative estimate of drug-likeness (QED) is 0.811. The van der Waals surface area contributed by atoms with Crippen LogP contribution in [-0.2, 0) is 4.74 Å². The molecule has 2 nitrogen and oxygen atoms in total. The lowest BCUT2D eigenvalue weighted by atomic mass is 10.0. The molecule has 16 heavy (non-hydrogen) atoms. The van der Waals surface area contributed by atoms with Crippen molar-refractivity contribution in [2.75, 3.05) is 7.11 Å². The molecule has 0 heterocycles. The summed E-state index contributed by atoms with van der Waals surface area (Å²) in [5, 5.41) is 9.61. The SMILES string of the molecule is COC(C)CC(O)c1ccc(F)c(F)c1F. The Morgan fingerprint density at radius 3 is 2.44 bits per heavy atom. The van der Waals surface area contributed by atoms with Crippen LogP contribution in [0, 0.1) is 17.5 Å². The third kappa shape index (κ3) is 2.74. The van der Waals surface area contributed by atoms with E-state index >= 15 is 0 Å². The van der Waals surface area contributed by atoms with Gasteiger partial charge in [-0.2, -0.15) is 0 Å². The van der Waals surface area contributed by atoms with Gasteiger partial charge in [-0.05, 0) is 13.0 Å². The largest absolute Gasteiger partial charge is 0.388 e. The van der Waals surface area contributed by atoms with Crippen molar-refractivity contribution in [3.63, 3.8) is 0 Å². The van der Waals surface area contributed by atoms with Crippen molar-refractivity contribution in [2.45, 2.75) is 25.6 Å². The average Bonchev–Trinajstić information content (AvgIpc) is 2.25. The van der Waals surface area contributed by atoms with E-state index in [0.29, 0.717) is 0 Å². The molecule has 1 rings (SSSR count). The Morgan fingerprint density at radius 1 is 1.25 bits per heavy atom. The zero-order valence-electron chi connectivity index (χ0n) is 9.01. The van der Waals surface area contributed by atoms with Gasteiger partial charge in [-0.3, -0.25) is 0 Å². The van der Waals surface area contributed by atoms with Crippen LogP contribution in [0.3, 0.4) is 0 Å². The monoisotopic (exact) mass is 234 g/mol. The molecule has 0 radical (unpaired) electrons. The third-order valence-electron chi connectivity index (χ3n) is 2.38. The Balaban J connectivity index is 2.92. The molecule has 0 aliphatic carbocycles. The van der Waals surface area contributed by atoms with Crippen molar-refractivity contribution >= 4 is 0 Å². The van der Waals surface area contributed by atoms with E-state index in [1.807, 2.05) is 0 Å². The maximum absolute atomic E-state index is 13.3. The van der Waals surface area contributed by atoms with Gasteiger partial charge >= 0.3 is 0 Å². The van der Waals surface area contributed by atoms with Gasteiger partial charge in [0.15, 0.2) is 17.5 Å². The first-order valence-electron chi connectivity index (χ1n) is 4.81. The molecule has 1 aromatic rings. The number of benzene rings is 1. The fourth-order valence-electron chi connectivity index (χ4n) is 1.34. The summed E-state index contributed by atoms with van der Waals surface area (Å²) in [7, 11) is 1.44. The second kappa shape index (κ2) is 5.32. The van der Waals surface area contributed by atoms with Crippen LogP contribution in [0.4, 0.5) is 13.2 Å². The van der Waals surface area contributed by atoms with Crippen molar-refractivity contribution in [1.29, 1.82) is 0 Å². The van der Waals surface area contributed by atoms with Crippen LogP contribution in [-0.4, -0.2) is 18.3 Å². The van der Waals surface area contributed by atoms with E-state index in [1.54, 1.807) is 6.92 Å². The predicted octanol–water partition coefficient (Wildman–Crippen LogP) is 2.56. The summed E-state index contributed by atoms with van der Waals surface area (Å²) in [6.07, 6.45) is -1.41. The summed E-state index contributed by atoms with van der Waals surface area (Å²) in [4.78, 5) is 0. The van der Waals surface area contributed by atoms with Crippen molar-refractivity contribution in [2.24, 2.45) is 0 Å². The number of ether oxygens (including phenoxy) is 1. The van der Waals surface area contributed by atoms with E-state index in [0.717, 1.165) is 12.1 Å². The van der Waals surface area contributed by atoms with Crippen molar-refractivity contribution in [3.8, 4) is 0 Å². The van der Waals surface area contributed by atoms with Gasteiger partial charge in [-0.1, -0.05) is 6.07 Å². The third-order valence-corrected chi connectivity index (χ3v) is 2.38. The lowest BCUT2D eigenvalue weighted by Crippen LogP contribution is -2.13. The van der Waals surface area contributed by atoms with Crippen molar-refractivity contribution in [3.05, 3.63) is 35.1 Å². The van der Waals surface area contributed by atoms with E-state index < -0.39 is 23.6 Å². The molecule has 1 N–H and O–H groups in total.